The fourth-order valence-electron chi connectivity index (χ4n) is 2.26. The summed E-state index contributed by atoms with van der Waals surface area (Å²) in [7, 11) is 1.47. The van der Waals surface area contributed by atoms with Crippen molar-refractivity contribution in [2.45, 2.75) is 6.92 Å². The van der Waals surface area contributed by atoms with Crippen molar-refractivity contribution in [1.82, 2.24) is 4.98 Å². The minimum Gasteiger partial charge on any atom is -0.495 e. The van der Waals surface area contributed by atoms with Crippen LogP contribution in [0.2, 0.25) is 0 Å². The van der Waals surface area contributed by atoms with Crippen LogP contribution in [-0.2, 0) is 0 Å². The van der Waals surface area contributed by atoms with Crippen molar-refractivity contribution >= 4 is 21.7 Å². The molecule has 0 aliphatic rings. The molecule has 0 fully saturated rings. The first-order chi connectivity index (χ1) is 10.5. The van der Waals surface area contributed by atoms with E-state index in [4.69, 9.17) is 10.5 Å². The van der Waals surface area contributed by atoms with E-state index in [1.807, 2.05) is 12.1 Å². The molecule has 0 aliphatic heterocycles. The predicted octanol–water partition coefficient (Wildman–Crippen LogP) is 2.45. The van der Waals surface area contributed by atoms with Crippen molar-refractivity contribution in [3.63, 3.8) is 0 Å². The third kappa shape index (κ3) is 2.32. The Morgan fingerprint density at radius 2 is 1.86 bits per heavy atom. The summed E-state index contributed by atoms with van der Waals surface area (Å²) in [6.07, 6.45) is 0. The highest BCUT2D eigenvalue weighted by atomic mass is 79.9. The number of anilines is 1. The van der Waals surface area contributed by atoms with Gasteiger partial charge >= 0.3 is 0 Å². The van der Waals surface area contributed by atoms with E-state index in [2.05, 4.69) is 20.9 Å². The molecule has 0 spiro atoms. The third-order valence-electron chi connectivity index (χ3n) is 3.24. The maximum atomic E-state index is 12.0. The van der Waals surface area contributed by atoms with E-state index in [0.29, 0.717) is 15.8 Å². The zero-order chi connectivity index (χ0) is 16.4. The van der Waals surface area contributed by atoms with Crippen molar-refractivity contribution in [2.24, 2.45) is 0 Å². The fourth-order valence-corrected chi connectivity index (χ4v) is 2.75. The summed E-state index contributed by atoms with van der Waals surface area (Å²) in [4.78, 5) is 14.3. The number of rotatable bonds is 2. The SMILES string of the molecule is COc1c(Br)ccc(C)c1-c1c(C#N)c(N)[nH]c(=O)c1C#N. The second kappa shape index (κ2) is 5.92. The van der Waals surface area contributed by atoms with E-state index in [-0.39, 0.29) is 22.5 Å². The Balaban J connectivity index is 3.09. The maximum Gasteiger partial charge on any atom is 0.268 e. The fraction of sp³-hybridized carbons (Fsp3) is 0.133. The molecule has 1 heterocycles. The van der Waals surface area contributed by atoms with Gasteiger partial charge in [0.1, 0.15) is 34.8 Å². The van der Waals surface area contributed by atoms with Gasteiger partial charge in [-0.2, -0.15) is 10.5 Å². The Hall–Kier alpha value is -2.77. The number of hydrogen-bond donors (Lipinski definition) is 2. The number of benzene rings is 1. The number of hydrogen-bond acceptors (Lipinski definition) is 5. The molecule has 6 nitrogen and oxygen atoms in total. The molecule has 2 aromatic rings. The van der Waals surface area contributed by atoms with E-state index < -0.39 is 5.56 Å². The molecule has 0 amide bonds. The van der Waals surface area contributed by atoms with Gasteiger partial charge in [-0.3, -0.25) is 4.79 Å². The predicted molar refractivity (Wildman–Crippen MR) is 85.3 cm³/mol. The number of pyridine rings is 1. The number of methoxy groups -OCH3 is 1. The lowest BCUT2D eigenvalue weighted by Crippen LogP contribution is -2.16. The van der Waals surface area contributed by atoms with E-state index in [1.165, 1.54) is 7.11 Å². The van der Waals surface area contributed by atoms with Crippen molar-refractivity contribution in [2.75, 3.05) is 12.8 Å². The zero-order valence-corrected chi connectivity index (χ0v) is 13.4. The van der Waals surface area contributed by atoms with Gasteiger partial charge in [0.2, 0.25) is 0 Å². The number of nitrogens with zero attached hydrogens (tertiary/aromatic N) is 2. The number of aryl methyl sites for hydroxylation is 1. The van der Waals surface area contributed by atoms with Crippen LogP contribution in [0, 0.1) is 29.6 Å². The normalized spacial score (nSPS) is 9.86. The second-order valence-corrected chi connectivity index (χ2v) is 5.34. The molecule has 1 aromatic carbocycles. The molecule has 0 unspecified atom stereocenters. The molecule has 22 heavy (non-hydrogen) atoms. The minimum absolute atomic E-state index is 0.0376. The van der Waals surface area contributed by atoms with Crippen LogP contribution in [0.1, 0.15) is 16.7 Å². The molecule has 3 N–H and O–H groups in total. The summed E-state index contributed by atoms with van der Waals surface area (Å²) in [6.45, 7) is 1.80. The van der Waals surface area contributed by atoms with Crippen molar-refractivity contribution in [1.29, 1.82) is 10.5 Å². The van der Waals surface area contributed by atoms with Gasteiger partial charge in [-0.25, -0.2) is 0 Å². The van der Waals surface area contributed by atoms with Crippen LogP contribution in [0.3, 0.4) is 0 Å². The summed E-state index contributed by atoms with van der Waals surface area (Å²) in [5.74, 6) is 0.348. The Kier molecular flexibility index (Phi) is 4.20. The van der Waals surface area contributed by atoms with Gasteiger partial charge in [0.05, 0.1) is 11.6 Å². The highest BCUT2D eigenvalue weighted by Gasteiger charge is 2.23. The van der Waals surface area contributed by atoms with Gasteiger partial charge in [-0.15, -0.1) is 0 Å². The van der Waals surface area contributed by atoms with Crippen molar-refractivity contribution in [3.8, 4) is 29.0 Å². The molecule has 2 rings (SSSR count). The standard InChI is InChI=1S/C15H11BrN4O2/c1-7-3-4-10(16)13(22-2)11(7)12-8(5-17)14(19)20-15(21)9(12)6-18/h3-4H,1-2H3,(H3,19,20,21). The number of aromatic amines is 1. The van der Waals surface area contributed by atoms with Gasteiger partial charge in [0.15, 0.2) is 0 Å². The van der Waals surface area contributed by atoms with Crippen molar-refractivity contribution in [3.05, 3.63) is 43.6 Å². The molecule has 7 heteroatoms. The smallest absolute Gasteiger partial charge is 0.268 e. The Morgan fingerprint density at radius 3 is 2.41 bits per heavy atom. The number of ether oxygens (including phenoxy) is 1. The summed E-state index contributed by atoms with van der Waals surface area (Å²) < 4.78 is 6.01. The quantitative estimate of drug-likeness (QED) is 0.854. The van der Waals surface area contributed by atoms with Gasteiger partial charge < -0.3 is 15.5 Å². The van der Waals surface area contributed by atoms with Crippen LogP contribution < -0.4 is 16.0 Å². The number of nitrogens with two attached hydrogens (primary N) is 1. The number of aromatic nitrogens is 1. The lowest BCUT2D eigenvalue weighted by molar-refractivity contribution is 0.413. The first-order valence-corrected chi connectivity index (χ1v) is 6.95. The number of nitrogens with one attached hydrogen (secondary N) is 1. The molecule has 1 aromatic heterocycles. The third-order valence-corrected chi connectivity index (χ3v) is 3.86. The maximum absolute atomic E-state index is 12.0. The molecule has 0 bridgehead atoms. The van der Waals surface area contributed by atoms with E-state index in [9.17, 15) is 15.3 Å². The van der Waals surface area contributed by atoms with Crippen molar-refractivity contribution < 1.29 is 4.74 Å². The van der Waals surface area contributed by atoms with Crippen LogP contribution in [0.15, 0.2) is 21.4 Å². The number of halogens is 1. The molecule has 0 saturated carbocycles. The molecular weight excluding hydrogens is 348 g/mol. The summed E-state index contributed by atoms with van der Waals surface area (Å²) in [5, 5.41) is 18.7. The lowest BCUT2D eigenvalue weighted by Gasteiger charge is -2.16. The highest BCUT2D eigenvalue weighted by molar-refractivity contribution is 9.10. The summed E-state index contributed by atoms with van der Waals surface area (Å²) in [6, 6.07) is 7.36. The van der Waals surface area contributed by atoms with E-state index in [0.717, 1.165) is 5.56 Å². The number of nitrogen functional groups attached to an aromatic ring is 1. The molecule has 0 radical (unpaired) electrons. The summed E-state index contributed by atoms with van der Waals surface area (Å²) in [5.41, 5.74) is 6.37. The Morgan fingerprint density at radius 1 is 1.23 bits per heavy atom. The lowest BCUT2D eigenvalue weighted by atomic mass is 9.92. The first-order valence-electron chi connectivity index (χ1n) is 6.15. The van der Waals surface area contributed by atoms with Crippen LogP contribution in [0.5, 0.6) is 5.75 Å². The average molecular weight is 359 g/mol. The zero-order valence-electron chi connectivity index (χ0n) is 11.8. The van der Waals surface area contributed by atoms with Crippen LogP contribution >= 0.6 is 15.9 Å². The summed E-state index contributed by atoms with van der Waals surface area (Å²) >= 11 is 3.36. The number of nitriles is 2. The van der Waals surface area contributed by atoms with Gasteiger partial charge in [0, 0.05) is 11.1 Å². The monoisotopic (exact) mass is 358 g/mol. The largest absolute Gasteiger partial charge is 0.495 e. The molecule has 0 aliphatic carbocycles. The first kappa shape index (κ1) is 15.6. The van der Waals surface area contributed by atoms with Crippen LogP contribution in [-0.4, -0.2) is 12.1 Å². The van der Waals surface area contributed by atoms with Gasteiger partial charge in [0.25, 0.3) is 5.56 Å². The van der Waals surface area contributed by atoms with Crippen LogP contribution in [0.25, 0.3) is 11.1 Å². The van der Waals surface area contributed by atoms with Crippen LogP contribution in [0.4, 0.5) is 5.82 Å². The van der Waals surface area contributed by atoms with E-state index >= 15 is 0 Å². The topological polar surface area (TPSA) is 116 Å². The Bertz CT molecular complexity index is 904. The molecule has 0 saturated heterocycles. The van der Waals surface area contributed by atoms with Gasteiger partial charge in [-0.1, -0.05) is 6.07 Å². The molecular formula is C15H11BrN4O2. The number of H-pyrrole nitrogens is 1. The molecule has 0 atom stereocenters. The van der Waals surface area contributed by atoms with Gasteiger partial charge in [-0.05, 0) is 34.5 Å². The van der Waals surface area contributed by atoms with E-state index in [1.54, 1.807) is 19.1 Å². The minimum atomic E-state index is -0.643. The molecule has 110 valence electrons. The Labute approximate surface area is 134 Å². The average Bonchev–Trinajstić information content (AvgIpc) is 2.48. The highest BCUT2D eigenvalue weighted by Crippen LogP contribution is 2.41. The second-order valence-electron chi connectivity index (χ2n) is 4.49.